The number of carboxylic acid groups (broad SMARTS) is 1. The molecule has 0 spiro atoms. The van der Waals surface area contributed by atoms with Gasteiger partial charge in [-0.1, -0.05) is 100 Å². The van der Waals surface area contributed by atoms with E-state index >= 15 is 0 Å². The van der Waals surface area contributed by atoms with Gasteiger partial charge in [0.2, 0.25) is 0 Å². The normalized spacial score (nSPS) is 11.1. The maximum atomic E-state index is 10.6. The van der Waals surface area contributed by atoms with Crippen LogP contribution in [0.25, 0.3) is 17.2 Å². The Labute approximate surface area is 163 Å². The number of benzene rings is 2. The van der Waals surface area contributed by atoms with Gasteiger partial charge in [0.1, 0.15) is 0 Å². The van der Waals surface area contributed by atoms with E-state index in [4.69, 9.17) is 5.11 Å². The molecular weight excluding hydrogens is 332 g/mol. The first-order chi connectivity index (χ1) is 13.2. The van der Waals surface area contributed by atoms with Gasteiger partial charge in [0.05, 0.1) is 0 Å². The van der Waals surface area contributed by atoms with Gasteiger partial charge in [-0.15, -0.1) is 0 Å². The summed E-state index contributed by atoms with van der Waals surface area (Å²) >= 11 is 0. The van der Waals surface area contributed by atoms with Crippen molar-refractivity contribution < 1.29 is 9.90 Å². The molecule has 0 aliphatic rings. The summed E-state index contributed by atoms with van der Waals surface area (Å²) in [5.41, 5.74) is 4.66. The lowest BCUT2D eigenvalue weighted by molar-refractivity contribution is -0.131. The van der Waals surface area contributed by atoms with E-state index in [0.717, 1.165) is 23.6 Å². The summed E-state index contributed by atoms with van der Waals surface area (Å²) in [5, 5.41) is 8.68. The van der Waals surface area contributed by atoms with Gasteiger partial charge in [0, 0.05) is 6.08 Å². The first kappa shape index (κ1) is 21.0. The van der Waals surface area contributed by atoms with E-state index in [1.807, 2.05) is 24.3 Å². The maximum absolute atomic E-state index is 10.6. The minimum Gasteiger partial charge on any atom is -0.478 e. The third kappa shape index (κ3) is 8.25. The minimum atomic E-state index is -0.925. The Morgan fingerprint density at radius 2 is 1.30 bits per heavy atom. The number of hydrogen-bond donors (Lipinski definition) is 1. The zero-order valence-corrected chi connectivity index (χ0v) is 16.5. The summed E-state index contributed by atoms with van der Waals surface area (Å²) in [5.74, 6) is -0.925. The molecule has 144 valence electrons. The van der Waals surface area contributed by atoms with Gasteiger partial charge >= 0.3 is 5.97 Å². The molecule has 0 bridgehead atoms. The van der Waals surface area contributed by atoms with E-state index in [1.165, 1.54) is 62.5 Å². The summed E-state index contributed by atoms with van der Waals surface area (Å²) in [6.45, 7) is 2.26. The summed E-state index contributed by atoms with van der Waals surface area (Å²) in [6, 6.07) is 16.8. The number of rotatable bonds is 12. The first-order valence-corrected chi connectivity index (χ1v) is 10.3. The number of aliphatic carboxylic acids is 1. The average Bonchev–Trinajstić information content (AvgIpc) is 2.69. The molecule has 2 heteroatoms. The Hall–Kier alpha value is -2.35. The second-order valence-corrected chi connectivity index (χ2v) is 7.22. The summed E-state index contributed by atoms with van der Waals surface area (Å²) in [4.78, 5) is 10.6. The molecule has 0 fully saturated rings. The predicted molar refractivity (Wildman–Crippen MR) is 115 cm³/mol. The number of unbranched alkanes of at least 4 members (excludes halogenated alkanes) is 7. The van der Waals surface area contributed by atoms with Gasteiger partial charge in [-0.3, -0.25) is 0 Å². The van der Waals surface area contributed by atoms with Crippen LogP contribution in [-0.4, -0.2) is 11.1 Å². The first-order valence-electron chi connectivity index (χ1n) is 10.3. The fourth-order valence-electron chi connectivity index (χ4n) is 3.28. The van der Waals surface area contributed by atoms with Gasteiger partial charge in [0.25, 0.3) is 0 Å². The second kappa shape index (κ2) is 12.1. The van der Waals surface area contributed by atoms with Crippen LogP contribution in [0.15, 0.2) is 54.6 Å². The van der Waals surface area contributed by atoms with E-state index < -0.39 is 5.97 Å². The van der Waals surface area contributed by atoms with Gasteiger partial charge in [-0.25, -0.2) is 4.79 Å². The van der Waals surface area contributed by atoms with Crippen molar-refractivity contribution in [1.29, 1.82) is 0 Å². The van der Waals surface area contributed by atoms with Gasteiger partial charge in [0.15, 0.2) is 0 Å². The summed E-state index contributed by atoms with van der Waals surface area (Å²) in [6.07, 6.45) is 14.8. The Kier molecular flexibility index (Phi) is 9.40. The van der Waals surface area contributed by atoms with Crippen molar-refractivity contribution >= 4 is 12.0 Å². The molecule has 2 aromatic carbocycles. The third-order valence-corrected chi connectivity index (χ3v) is 4.94. The smallest absolute Gasteiger partial charge is 0.328 e. The highest BCUT2D eigenvalue weighted by molar-refractivity contribution is 5.85. The second-order valence-electron chi connectivity index (χ2n) is 7.22. The molecule has 0 heterocycles. The Morgan fingerprint density at radius 3 is 1.85 bits per heavy atom. The highest BCUT2D eigenvalue weighted by Gasteiger charge is 2.00. The lowest BCUT2D eigenvalue weighted by Gasteiger charge is -2.06. The number of carbonyl (C=O) groups is 1. The minimum absolute atomic E-state index is 0.896. The monoisotopic (exact) mass is 364 g/mol. The van der Waals surface area contributed by atoms with Crippen LogP contribution in [0.5, 0.6) is 0 Å². The van der Waals surface area contributed by atoms with Crippen LogP contribution < -0.4 is 0 Å². The van der Waals surface area contributed by atoms with Crippen molar-refractivity contribution in [3.63, 3.8) is 0 Å². The number of aryl methyl sites for hydroxylation is 1. The largest absolute Gasteiger partial charge is 0.478 e. The van der Waals surface area contributed by atoms with Crippen molar-refractivity contribution in [2.24, 2.45) is 0 Å². The molecule has 0 aliphatic heterocycles. The van der Waals surface area contributed by atoms with Crippen LogP contribution in [0.4, 0.5) is 0 Å². The molecule has 2 nitrogen and oxygen atoms in total. The molecule has 2 rings (SSSR count). The lowest BCUT2D eigenvalue weighted by Crippen LogP contribution is -1.87. The van der Waals surface area contributed by atoms with Crippen LogP contribution in [0.3, 0.4) is 0 Å². The van der Waals surface area contributed by atoms with Gasteiger partial charge < -0.3 is 5.11 Å². The molecule has 1 N–H and O–H groups in total. The van der Waals surface area contributed by atoms with Crippen LogP contribution in [-0.2, 0) is 11.2 Å². The summed E-state index contributed by atoms with van der Waals surface area (Å²) < 4.78 is 0. The van der Waals surface area contributed by atoms with E-state index in [1.54, 1.807) is 6.08 Å². The Bertz CT molecular complexity index is 696. The maximum Gasteiger partial charge on any atom is 0.328 e. The van der Waals surface area contributed by atoms with Crippen molar-refractivity contribution in [3.05, 3.63) is 65.7 Å². The molecular formula is C25H32O2. The highest BCUT2D eigenvalue weighted by atomic mass is 16.4. The van der Waals surface area contributed by atoms with E-state index in [9.17, 15) is 4.79 Å². The average molecular weight is 365 g/mol. The number of hydrogen-bond acceptors (Lipinski definition) is 1. The van der Waals surface area contributed by atoms with Crippen LogP contribution in [0.2, 0.25) is 0 Å². The Balaban J connectivity index is 1.75. The molecule has 0 unspecified atom stereocenters. The molecule has 0 radical (unpaired) electrons. The van der Waals surface area contributed by atoms with Crippen molar-refractivity contribution in [2.75, 3.05) is 0 Å². The molecule has 0 amide bonds. The molecule has 0 atom stereocenters. The quantitative estimate of drug-likeness (QED) is 0.321. The highest BCUT2D eigenvalue weighted by Crippen LogP contribution is 2.21. The van der Waals surface area contributed by atoms with Crippen LogP contribution in [0, 0.1) is 0 Å². The molecule has 0 saturated heterocycles. The van der Waals surface area contributed by atoms with E-state index in [0.29, 0.717) is 0 Å². The van der Waals surface area contributed by atoms with Crippen molar-refractivity contribution in [2.45, 2.75) is 64.7 Å². The fraction of sp³-hybridized carbons (Fsp3) is 0.400. The molecule has 0 aromatic heterocycles. The van der Waals surface area contributed by atoms with E-state index in [2.05, 4.69) is 31.2 Å². The summed E-state index contributed by atoms with van der Waals surface area (Å²) in [7, 11) is 0. The van der Waals surface area contributed by atoms with E-state index in [-0.39, 0.29) is 0 Å². The third-order valence-electron chi connectivity index (χ3n) is 4.94. The van der Waals surface area contributed by atoms with Crippen LogP contribution in [0.1, 0.15) is 69.4 Å². The Morgan fingerprint density at radius 1 is 0.778 bits per heavy atom. The SMILES string of the molecule is CCCCCCCCCCc1ccc(-c2ccc(/C=C/C(=O)O)cc2)cc1. The predicted octanol–water partition coefficient (Wildman–Crippen LogP) is 7.13. The fourth-order valence-corrected chi connectivity index (χ4v) is 3.28. The molecule has 2 aromatic rings. The van der Waals surface area contributed by atoms with Crippen molar-refractivity contribution in [1.82, 2.24) is 0 Å². The van der Waals surface area contributed by atoms with Gasteiger partial charge in [-0.05, 0) is 41.2 Å². The van der Waals surface area contributed by atoms with Gasteiger partial charge in [-0.2, -0.15) is 0 Å². The molecule has 0 saturated carbocycles. The zero-order chi connectivity index (χ0) is 19.3. The topological polar surface area (TPSA) is 37.3 Å². The van der Waals surface area contributed by atoms with Crippen LogP contribution >= 0.6 is 0 Å². The lowest BCUT2D eigenvalue weighted by atomic mass is 10.00. The zero-order valence-electron chi connectivity index (χ0n) is 16.5. The molecule has 27 heavy (non-hydrogen) atoms. The number of carboxylic acids is 1. The van der Waals surface area contributed by atoms with Crippen molar-refractivity contribution in [3.8, 4) is 11.1 Å². The molecule has 0 aliphatic carbocycles. The standard InChI is InChI=1S/C25H32O2/c1-2-3-4-5-6-7-8-9-10-21-11-16-23(17-12-21)24-18-13-22(14-19-24)15-20-25(26)27/h11-20H,2-10H2,1H3,(H,26,27)/b20-15+.